The van der Waals surface area contributed by atoms with Gasteiger partial charge in [0.2, 0.25) is 15.9 Å². The van der Waals surface area contributed by atoms with Crippen LogP contribution in [0.15, 0.2) is 60.0 Å². The van der Waals surface area contributed by atoms with Gasteiger partial charge in [-0.15, -0.1) is 0 Å². The van der Waals surface area contributed by atoms with Crippen molar-refractivity contribution in [1.29, 1.82) is 0 Å². The van der Waals surface area contributed by atoms with E-state index in [0.29, 0.717) is 38.0 Å². The second-order valence-corrected chi connectivity index (χ2v) is 10.8. The molecular formula is C25H31N3O4S. The summed E-state index contributed by atoms with van der Waals surface area (Å²) < 4.78 is 27.5. The van der Waals surface area contributed by atoms with Gasteiger partial charge in [0.15, 0.2) is 0 Å². The summed E-state index contributed by atoms with van der Waals surface area (Å²) in [7, 11) is -3.68. The number of hydrogen-bond donors (Lipinski definition) is 2. The molecule has 0 aromatic heterocycles. The van der Waals surface area contributed by atoms with E-state index in [1.165, 1.54) is 34.6 Å². The topological polar surface area (TPSA) is 95.6 Å². The Morgan fingerprint density at radius 2 is 1.64 bits per heavy atom. The van der Waals surface area contributed by atoms with Crippen LogP contribution in [0.4, 0.5) is 0 Å². The van der Waals surface area contributed by atoms with E-state index in [1.807, 2.05) is 32.9 Å². The fourth-order valence-electron chi connectivity index (χ4n) is 4.08. The number of rotatable bonds is 7. The third-order valence-electron chi connectivity index (χ3n) is 5.93. The first-order valence-electron chi connectivity index (χ1n) is 10.9. The summed E-state index contributed by atoms with van der Waals surface area (Å²) >= 11 is 0. The maximum absolute atomic E-state index is 13.1. The molecule has 2 N–H and O–H groups in total. The van der Waals surface area contributed by atoms with Crippen LogP contribution in [0.1, 0.15) is 46.8 Å². The van der Waals surface area contributed by atoms with E-state index >= 15 is 0 Å². The molecule has 2 aromatic rings. The van der Waals surface area contributed by atoms with Gasteiger partial charge < -0.3 is 10.6 Å². The minimum atomic E-state index is -3.68. The molecule has 176 valence electrons. The Labute approximate surface area is 195 Å². The van der Waals surface area contributed by atoms with E-state index in [9.17, 15) is 18.0 Å². The van der Waals surface area contributed by atoms with Crippen LogP contribution >= 0.6 is 0 Å². The summed E-state index contributed by atoms with van der Waals surface area (Å²) in [4.78, 5) is 24.3. The quantitative estimate of drug-likeness (QED) is 0.609. The normalized spacial score (nSPS) is 16.1. The van der Waals surface area contributed by atoms with E-state index < -0.39 is 15.6 Å². The van der Waals surface area contributed by atoms with Gasteiger partial charge in [-0.25, -0.2) is 8.42 Å². The second-order valence-electron chi connectivity index (χ2n) is 8.86. The van der Waals surface area contributed by atoms with E-state index in [1.54, 1.807) is 0 Å². The summed E-state index contributed by atoms with van der Waals surface area (Å²) in [5, 5.41) is 5.76. The molecular weight excluding hydrogens is 438 g/mol. The van der Waals surface area contributed by atoms with Crippen LogP contribution in [0, 0.1) is 13.8 Å². The molecule has 1 aliphatic rings. The molecule has 0 unspecified atom stereocenters. The van der Waals surface area contributed by atoms with E-state index in [-0.39, 0.29) is 16.7 Å². The third kappa shape index (κ3) is 6.09. The molecule has 0 spiro atoms. The van der Waals surface area contributed by atoms with Crippen LogP contribution in [0.5, 0.6) is 0 Å². The van der Waals surface area contributed by atoms with Gasteiger partial charge in [-0.05, 0) is 69.5 Å². The summed E-state index contributed by atoms with van der Waals surface area (Å²) in [5.74, 6) is -0.523. The Morgan fingerprint density at radius 1 is 1.06 bits per heavy atom. The number of amides is 2. The number of benzene rings is 2. The molecule has 0 bridgehead atoms. The van der Waals surface area contributed by atoms with Gasteiger partial charge in [-0.1, -0.05) is 35.9 Å². The minimum Gasteiger partial charge on any atom is -0.348 e. The molecule has 1 fully saturated rings. The number of hydrogen-bond acceptors (Lipinski definition) is 4. The van der Waals surface area contributed by atoms with Crippen molar-refractivity contribution in [2.75, 3.05) is 13.1 Å². The van der Waals surface area contributed by atoms with Crippen LogP contribution < -0.4 is 10.6 Å². The molecule has 1 aliphatic heterocycles. The monoisotopic (exact) mass is 469 g/mol. The van der Waals surface area contributed by atoms with Crippen LogP contribution in [-0.2, 0) is 21.4 Å². The number of carbonyl (C=O) groups excluding carboxylic acids is 2. The lowest BCUT2D eigenvalue weighted by molar-refractivity contribution is -0.118. The van der Waals surface area contributed by atoms with Crippen molar-refractivity contribution in [3.8, 4) is 0 Å². The number of piperidine rings is 1. The molecule has 2 aromatic carbocycles. The fraction of sp³-hybridized carbons (Fsp3) is 0.360. The average molecular weight is 470 g/mol. The van der Waals surface area contributed by atoms with Crippen LogP contribution in [0.3, 0.4) is 0 Å². The Morgan fingerprint density at radius 3 is 2.18 bits per heavy atom. The average Bonchev–Trinajstić information content (AvgIpc) is 2.77. The van der Waals surface area contributed by atoms with Crippen LogP contribution in [-0.4, -0.2) is 43.2 Å². The largest absolute Gasteiger partial charge is 0.348 e. The molecule has 7 nitrogen and oxygen atoms in total. The first-order chi connectivity index (χ1) is 15.5. The number of sulfonamides is 1. The third-order valence-corrected chi connectivity index (χ3v) is 7.84. The van der Waals surface area contributed by atoms with Gasteiger partial charge in [0.1, 0.15) is 0 Å². The molecule has 33 heavy (non-hydrogen) atoms. The maximum atomic E-state index is 13.1. The summed E-state index contributed by atoms with van der Waals surface area (Å²) in [6, 6.07) is 12.1. The van der Waals surface area contributed by atoms with Crippen molar-refractivity contribution in [2.45, 2.75) is 50.6 Å². The Hall–Kier alpha value is -2.97. The van der Waals surface area contributed by atoms with Gasteiger partial charge >= 0.3 is 0 Å². The predicted molar refractivity (Wildman–Crippen MR) is 128 cm³/mol. The van der Waals surface area contributed by atoms with Crippen molar-refractivity contribution in [3.63, 3.8) is 0 Å². The van der Waals surface area contributed by atoms with Crippen molar-refractivity contribution < 1.29 is 18.0 Å². The lowest BCUT2D eigenvalue weighted by Gasteiger charge is -2.39. The molecule has 0 atom stereocenters. The molecule has 1 saturated heterocycles. The zero-order valence-electron chi connectivity index (χ0n) is 19.3. The summed E-state index contributed by atoms with van der Waals surface area (Å²) in [6.45, 7) is 10.4. The predicted octanol–water partition coefficient (Wildman–Crippen LogP) is 3.08. The Bertz CT molecular complexity index is 1130. The highest BCUT2D eigenvalue weighted by Gasteiger charge is 2.36. The van der Waals surface area contributed by atoms with Gasteiger partial charge in [0.25, 0.3) is 5.91 Å². The lowest BCUT2D eigenvalue weighted by atomic mass is 9.90. The molecule has 1 heterocycles. The van der Waals surface area contributed by atoms with Crippen molar-refractivity contribution in [2.24, 2.45) is 0 Å². The maximum Gasteiger partial charge on any atom is 0.251 e. The SMILES string of the molecule is C=CC(=O)NC1(C)CCN(S(=O)(=O)c2ccc(C(=O)NCc3cc(C)cc(C)c3)cc2)CC1. The van der Waals surface area contributed by atoms with Crippen molar-refractivity contribution in [3.05, 3.63) is 77.4 Å². The van der Waals surface area contributed by atoms with Gasteiger partial charge in [0.05, 0.1) is 4.90 Å². The summed E-state index contributed by atoms with van der Waals surface area (Å²) in [6.07, 6.45) is 2.23. The van der Waals surface area contributed by atoms with Crippen LogP contribution in [0.25, 0.3) is 0 Å². The number of nitrogens with zero attached hydrogens (tertiary/aromatic N) is 1. The molecule has 3 rings (SSSR count). The molecule has 0 saturated carbocycles. The van der Waals surface area contributed by atoms with Gasteiger partial charge in [-0.3, -0.25) is 9.59 Å². The highest BCUT2D eigenvalue weighted by Crippen LogP contribution is 2.26. The smallest absolute Gasteiger partial charge is 0.251 e. The fourth-order valence-corrected chi connectivity index (χ4v) is 5.52. The zero-order chi connectivity index (χ0) is 24.2. The number of nitrogens with one attached hydrogen (secondary N) is 2. The molecule has 0 aliphatic carbocycles. The highest BCUT2D eigenvalue weighted by molar-refractivity contribution is 7.89. The van der Waals surface area contributed by atoms with Crippen molar-refractivity contribution >= 4 is 21.8 Å². The van der Waals surface area contributed by atoms with Crippen molar-refractivity contribution in [1.82, 2.24) is 14.9 Å². The first kappa shape index (κ1) is 24.7. The van der Waals surface area contributed by atoms with E-state index in [0.717, 1.165) is 16.7 Å². The second kappa shape index (κ2) is 9.89. The lowest BCUT2D eigenvalue weighted by Crippen LogP contribution is -2.53. The highest BCUT2D eigenvalue weighted by atomic mass is 32.2. The number of aryl methyl sites for hydroxylation is 2. The first-order valence-corrected chi connectivity index (χ1v) is 12.4. The standard InChI is InChI=1S/C25H31N3O4S/c1-5-23(29)27-25(4)10-12-28(13-11-25)33(31,32)22-8-6-21(7-9-22)24(30)26-17-20-15-18(2)14-19(3)16-20/h5-9,14-16H,1,10-13,17H2,2-4H3,(H,26,30)(H,27,29). The van der Waals surface area contributed by atoms with E-state index in [4.69, 9.17) is 0 Å². The van der Waals surface area contributed by atoms with Crippen LogP contribution in [0.2, 0.25) is 0 Å². The summed E-state index contributed by atoms with van der Waals surface area (Å²) in [5.41, 5.74) is 3.22. The molecule has 2 amide bonds. The molecule has 0 radical (unpaired) electrons. The Kier molecular flexibility index (Phi) is 7.39. The Balaban J connectivity index is 1.62. The van der Waals surface area contributed by atoms with Gasteiger partial charge in [-0.2, -0.15) is 4.31 Å². The zero-order valence-corrected chi connectivity index (χ0v) is 20.2. The molecule has 8 heteroatoms. The minimum absolute atomic E-state index is 0.145. The van der Waals surface area contributed by atoms with Gasteiger partial charge in [0, 0.05) is 30.7 Å². The van der Waals surface area contributed by atoms with E-state index in [2.05, 4.69) is 23.3 Å². The number of carbonyl (C=O) groups is 2.